The maximum Gasteiger partial charge on any atom is 0.344 e. The molecule has 1 fully saturated rings. The lowest BCUT2D eigenvalue weighted by atomic mass is 9.88. The summed E-state index contributed by atoms with van der Waals surface area (Å²) in [6, 6.07) is 8.54. The lowest BCUT2D eigenvalue weighted by Gasteiger charge is -2.22. The van der Waals surface area contributed by atoms with E-state index >= 15 is 0 Å². The van der Waals surface area contributed by atoms with Crippen molar-refractivity contribution in [1.29, 1.82) is 0 Å². The quantitative estimate of drug-likeness (QED) is 0.356. The highest BCUT2D eigenvalue weighted by Gasteiger charge is 2.23. The van der Waals surface area contributed by atoms with Gasteiger partial charge in [0, 0.05) is 10.4 Å². The normalized spacial score (nSPS) is 15.6. The minimum absolute atomic E-state index is 0.0765. The van der Waals surface area contributed by atoms with Crippen LogP contribution in [0, 0.1) is 0 Å². The summed E-state index contributed by atoms with van der Waals surface area (Å²) in [6.07, 6.45) is 5.63. The van der Waals surface area contributed by atoms with Gasteiger partial charge in [0.1, 0.15) is 5.82 Å². The number of ether oxygens (including phenoxy) is 1. The second kappa shape index (κ2) is 10.5. The molecule has 0 saturated heterocycles. The maximum atomic E-state index is 13.4. The smallest absolute Gasteiger partial charge is 0.344 e. The maximum absolute atomic E-state index is 13.4. The number of fused-ring (bicyclic) bond motifs is 1. The Morgan fingerprint density at radius 2 is 1.91 bits per heavy atom. The average molecular weight is 567 g/mol. The largest absolute Gasteiger partial charge is 0.479 e. The van der Waals surface area contributed by atoms with Crippen molar-refractivity contribution in [1.82, 2.24) is 9.66 Å². The highest BCUT2D eigenvalue weighted by molar-refractivity contribution is 9.10. The van der Waals surface area contributed by atoms with Crippen LogP contribution in [0.2, 0.25) is 10.0 Å². The number of aliphatic carboxylic acids is 1. The Morgan fingerprint density at radius 3 is 2.56 bits per heavy atom. The Kier molecular flexibility index (Phi) is 7.60. The molecule has 1 N–H and O–H groups in total. The van der Waals surface area contributed by atoms with Crippen molar-refractivity contribution in [3.63, 3.8) is 0 Å². The van der Waals surface area contributed by atoms with Gasteiger partial charge in [-0.05, 0) is 55.7 Å². The van der Waals surface area contributed by atoms with Crippen LogP contribution in [0.3, 0.4) is 0 Å². The van der Waals surface area contributed by atoms with E-state index < -0.39 is 12.1 Å². The first-order chi connectivity index (χ1) is 16.2. The molecule has 34 heavy (non-hydrogen) atoms. The molecule has 10 heteroatoms. The van der Waals surface area contributed by atoms with Crippen molar-refractivity contribution in [3.05, 3.63) is 66.6 Å². The van der Waals surface area contributed by atoms with Crippen LogP contribution in [0.1, 0.15) is 56.3 Å². The van der Waals surface area contributed by atoms with Crippen LogP contribution in [0.25, 0.3) is 10.9 Å². The Morgan fingerprint density at radius 1 is 1.24 bits per heavy atom. The summed E-state index contributed by atoms with van der Waals surface area (Å²) < 4.78 is 7.50. The van der Waals surface area contributed by atoms with E-state index in [-0.39, 0.29) is 27.3 Å². The summed E-state index contributed by atoms with van der Waals surface area (Å²) in [5.74, 6) is -0.272. The Labute approximate surface area is 214 Å². The third kappa shape index (κ3) is 5.29. The van der Waals surface area contributed by atoms with Crippen LogP contribution >= 0.6 is 39.1 Å². The van der Waals surface area contributed by atoms with Gasteiger partial charge in [0.2, 0.25) is 0 Å². The van der Waals surface area contributed by atoms with Gasteiger partial charge in [-0.15, -0.1) is 0 Å². The number of carbonyl (C=O) groups is 1. The molecule has 0 amide bonds. The summed E-state index contributed by atoms with van der Waals surface area (Å²) in [5.41, 5.74) is 0.914. The van der Waals surface area contributed by atoms with Crippen LogP contribution in [0.15, 0.2) is 44.7 Å². The fourth-order valence-corrected chi connectivity index (χ4v) is 4.97. The molecule has 1 aliphatic rings. The molecular formula is C24H22BrCl2N3O4. The van der Waals surface area contributed by atoms with Crippen molar-refractivity contribution in [2.45, 2.75) is 51.0 Å². The number of carboxylic acid groups (broad SMARTS) is 1. The number of aromatic nitrogens is 2. The second-order valence-corrected chi connectivity index (χ2v) is 9.97. The monoisotopic (exact) mass is 565 g/mol. The Hall–Kier alpha value is -2.42. The first-order valence-corrected chi connectivity index (χ1v) is 12.4. The van der Waals surface area contributed by atoms with Gasteiger partial charge in [-0.3, -0.25) is 4.79 Å². The Bertz CT molecular complexity index is 1310. The number of halogens is 3. The van der Waals surface area contributed by atoms with Crippen molar-refractivity contribution in [2.75, 3.05) is 0 Å². The van der Waals surface area contributed by atoms with E-state index in [1.165, 1.54) is 24.2 Å². The van der Waals surface area contributed by atoms with Crippen molar-refractivity contribution in [2.24, 2.45) is 5.10 Å². The van der Waals surface area contributed by atoms with Gasteiger partial charge in [-0.1, -0.05) is 58.4 Å². The van der Waals surface area contributed by atoms with E-state index in [1.807, 2.05) is 12.1 Å². The molecule has 2 aromatic carbocycles. The first kappa shape index (κ1) is 24.7. The standard InChI is InChI=1S/C24H22BrCl2N3O4/c1-13(24(32)33)34-21-18(26)9-14(10-19(21)27)12-28-30-22(15-5-3-2-4-6-15)29-20-8-7-16(25)11-17(20)23(30)31/h7-13,15H,2-6H2,1H3,(H,32,33)/t13-/m1/s1. The number of rotatable bonds is 6. The van der Waals surface area contributed by atoms with Crippen LogP contribution in [0.5, 0.6) is 5.75 Å². The molecule has 0 spiro atoms. The molecule has 1 heterocycles. The van der Waals surface area contributed by atoms with Crippen LogP contribution < -0.4 is 10.3 Å². The number of hydrogen-bond acceptors (Lipinski definition) is 5. The van der Waals surface area contributed by atoms with E-state index in [0.717, 1.165) is 30.2 Å². The van der Waals surface area contributed by atoms with Gasteiger partial charge in [0.15, 0.2) is 11.9 Å². The van der Waals surface area contributed by atoms with Crippen LogP contribution in [-0.2, 0) is 4.79 Å². The number of carboxylic acids is 1. The molecule has 3 aromatic rings. The summed E-state index contributed by atoms with van der Waals surface area (Å²) >= 11 is 16.0. The predicted octanol–water partition coefficient (Wildman–Crippen LogP) is 6.25. The lowest BCUT2D eigenvalue weighted by Crippen LogP contribution is -2.25. The Balaban J connectivity index is 1.76. The van der Waals surface area contributed by atoms with Gasteiger partial charge >= 0.3 is 5.97 Å². The topological polar surface area (TPSA) is 93.8 Å². The summed E-state index contributed by atoms with van der Waals surface area (Å²) in [7, 11) is 0. The van der Waals surface area contributed by atoms with Crippen molar-refractivity contribution >= 4 is 62.2 Å². The summed E-state index contributed by atoms with van der Waals surface area (Å²) in [4.78, 5) is 29.3. The SMILES string of the molecule is C[C@@H](Oc1c(Cl)cc(C=Nn2c(C3CCCCC3)nc3ccc(Br)cc3c2=O)cc1Cl)C(=O)O. The van der Waals surface area contributed by atoms with Gasteiger partial charge < -0.3 is 9.84 Å². The zero-order valence-corrected chi connectivity index (χ0v) is 21.4. The van der Waals surface area contributed by atoms with Gasteiger partial charge in [-0.25, -0.2) is 9.78 Å². The van der Waals surface area contributed by atoms with E-state index in [4.69, 9.17) is 38.0 Å². The molecule has 1 aliphatic carbocycles. The molecule has 178 valence electrons. The van der Waals surface area contributed by atoms with Gasteiger partial charge in [-0.2, -0.15) is 9.78 Å². The van der Waals surface area contributed by atoms with E-state index in [1.54, 1.807) is 18.2 Å². The zero-order valence-electron chi connectivity index (χ0n) is 18.3. The molecule has 0 unspecified atom stereocenters. The molecule has 0 aliphatic heterocycles. The number of benzene rings is 2. The number of hydrogen-bond donors (Lipinski definition) is 1. The van der Waals surface area contributed by atoms with Crippen molar-refractivity contribution < 1.29 is 14.6 Å². The third-order valence-electron chi connectivity index (χ3n) is 5.79. The summed E-state index contributed by atoms with van der Waals surface area (Å²) in [6.45, 7) is 1.38. The molecule has 1 aromatic heterocycles. The fourth-order valence-electron chi connectivity index (χ4n) is 4.02. The van der Waals surface area contributed by atoms with E-state index in [0.29, 0.717) is 22.3 Å². The molecule has 0 bridgehead atoms. The lowest BCUT2D eigenvalue weighted by molar-refractivity contribution is -0.144. The van der Waals surface area contributed by atoms with Crippen LogP contribution in [0.4, 0.5) is 0 Å². The minimum atomic E-state index is -1.14. The molecule has 7 nitrogen and oxygen atoms in total. The van der Waals surface area contributed by atoms with Crippen molar-refractivity contribution in [3.8, 4) is 5.75 Å². The average Bonchev–Trinajstić information content (AvgIpc) is 2.81. The predicted molar refractivity (Wildman–Crippen MR) is 137 cm³/mol. The second-order valence-electron chi connectivity index (χ2n) is 8.24. The number of nitrogens with zero attached hydrogens (tertiary/aromatic N) is 3. The zero-order chi connectivity index (χ0) is 24.4. The molecule has 4 rings (SSSR count). The summed E-state index contributed by atoms with van der Waals surface area (Å²) in [5, 5.41) is 14.3. The minimum Gasteiger partial charge on any atom is -0.479 e. The first-order valence-electron chi connectivity index (χ1n) is 10.9. The highest BCUT2D eigenvalue weighted by atomic mass is 79.9. The van der Waals surface area contributed by atoms with Gasteiger partial charge in [0.25, 0.3) is 5.56 Å². The fraction of sp³-hybridized carbons (Fsp3) is 0.333. The third-order valence-corrected chi connectivity index (χ3v) is 6.84. The molecule has 1 atom stereocenters. The van der Waals surface area contributed by atoms with E-state index in [2.05, 4.69) is 21.0 Å². The molecule has 0 radical (unpaired) electrons. The van der Waals surface area contributed by atoms with Gasteiger partial charge in [0.05, 0.1) is 27.2 Å². The molecule has 1 saturated carbocycles. The highest BCUT2D eigenvalue weighted by Crippen LogP contribution is 2.35. The molecular weight excluding hydrogens is 545 g/mol. The van der Waals surface area contributed by atoms with E-state index in [9.17, 15) is 9.59 Å². The van der Waals surface area contributed by atoms with Crippen LogP contribution in [-0.4, -0.2) is 33.1 Å².